The molecular formula is C52H60FN8O12PS. The van der Waals surface area contributed by atoms with E-state index in [1.54, 1.807) is 37.6 Å². The van der Waals surface area contributed by atoms with Crippen LogP contribution in [0.4, 0.5) is 4.39 Å². The number of nitrogens with one attached hydrogen (secondary N) is 2. The first-order chi connectivity index (χ1) is 35.6. The van der Waals surface area contributed by atoms with E-state index >= 15 is 0 Å². The summed E-state index contributed by atoms with van der Waals surface area (Å²) in [5.74, 6) is -5.14. The maximum atomic E-state index is 15.0. The molecule has 75 heavy (non-hydrogen) atoms. The number of piperazine rings is 1. The van der Waals surface area contributed by atoms with Crippen LogP contribution in [-0.2, 0) is 51.6 Å². The smallest absolute Gasteiger partial charge is 0.363 e. The number of alkyl halides is 1. The number of hydrogen-bond donors (Lipinski definition) is 4. The van der Waals surface area contributed by atoms with Gasteiger partial charge in [0.25, 0.3) is 5.91 Å². The summed E-state index contributed by atoms with van der Waals surface area (Å²) >= 11 is 1.07. The lowest BCUT2D eigenvalue weighted by Crippen LogP contribution is -2.69. The van der Waals surface area contributed by atoms with Gasteiger partial charge in [-0.2, -0.15) is 0 Å². The average molecular weight is 1070 g/mol. The molecule has 4 N–H and O–H groups in total. The second kappa shape index (κ2) is 20.4. The molecule has 6 amide bonds. The molecule has 5 aromatic rings. The Kier molecular flexibility index (Phi) is 14.3. The molecule has 2 aromatic heterocycles. The number of aromatic nitrogens is 2. The fourth-order valence-electron chi connectivity index (χ4n) is 11.3. The maximum Gasteiger partial charge on any atom is 0.363 e. The van der Waals surface area contributed by atoms with Crippen LogP contribution in [0.15, 0.2) is 77.6 Å². The lowest BCUT2D eigenvalue weighted by atomic mass is 9.85. The van der Waals surface area contributed by atoms with Gasteiger partial charge in [0.2, 0.25) is 35.4 Å². The van der Waals surface area contributed by atoms with E-state index in [1.165, 1.54) is 38.3 Å². The van der Waals surface area contributed by atoms with Gasteiger partial charge in [-0.3, -0.25) is 52.7 Å². The quantitative estimate of drug-likeness (QED) is 0.0968. The van der Waals surface area contributed by atoms with E-state index in [1.807, 2.05) is 48.5 Å². The van der Waals surface area contributed by atoms with Crippen LogP contribution < -0.4 is 16.3 Å². The van der Waals surface area contributed by atoms with Crippen LogP contribution in [0, 0.1) is 5.41 Å². The van der Waals surface area contributed by atoms with Crippen molar-refractivity contribution in [3.8, 4) is 0 Å². The summed E-state index contributed by atoms with van der Waals surface area (Å²) < 4.78 is 42.3. The molecule has 0 saturated carbocycles. The van der Waals surface area contributed by atoms with Crippen molar-refractivity contribution in [1.29, 1.82) is 0 Å². The first-order valence-corrected chi connectivity index (χ1v) is 27.6. The van der Waals surface area contributed by atoms with Crippen LogP contribution in [0.2, 0.25) is 0 Å². The van der Waals surface area contributed by atoms with Crippen molar-refractivity contribution in [2.24, 2.45) is 12.5 Å². The molecule has 8 atom stereocenters. The number of nitrogens with zero attached hydrogens (tertiary/aromatic N) is 6. The van der Waals surface area contributed by atoms with Gasteiger partial charge in [0.05, 0.1) is 35.2 Å². The lowest BCUT2D eigenvalue weighted by Gasteiger charge is -2.56. The molecule has 23 heteroatoms. The molecule has 20 nitrogen and oxygen atoms in total. The molecule has 6 saturated heterocycles. The number of ether oxygens (including phenoxy) is 2. The number of imide groups is 1. The number of halogens is 1. The van der Waals surface area contributed by atoms with Crippen molar-refractivity contribution in [3.63, 3.8) is 0 Å². The second-order valence-corrected chi connectivity index (χ2v) is 24.0. The van der Waals surface area contributed by atoms with Gasteiger partial charge in [0.1, 0.15) is 30.8 Å². The number of piperidine rings is 2. The summed E-state index contributed by atoms with van der Waals surface area (Å²) in [7, 11) is -3.42. The summed E-state index contributed by atoms with van der Waals surface area (Å²) in [6.45, 7) is 7.34. The van der Waals surface area contributed by atoms with Crippen LogP contribution in [0.3, 0.4) is 0 Å². The number of carbonyl (C=O) groups is 6. The predicted octanol–water partition coefficient (Wildman–Crippen LogP) is 3.89. The maximum absolute atomic E-state index is 15.0. The summed E-state index contributed by atoms with van der Waals surface area (Å²) in [6, 6.07) is 17.8. The number of fused-ring (bicyclic) bond motifs is 4. The van der Waals surface area contributed by atoms with E-state index in [4.69, 9.17) is 9.47 Å². The predicted molar refractivity (Wildman–Crippen MR) is 273 cm³/mol. The van der Waals surface area contributed by atoms with Gasteiger partial charge >= 0.3 is 13.3 Å². The normalized spacial score (nSPS) is 24.3. The summed E-state index contributed by atoms with van der Waals surface area (Å²) in [5.41, 5.74) is 1.67. The highest BCUT2D eigenvalue weighted by atomic mass is 32.1. The number of rotatable bonds is 13. The van der Waals surface area contributed by atoms with Crippen molar-refractivity contribution in [2.45, 2.75) is 101 Å². The Morgan fingerprint density at radius 1 is 0.933 bits per heavy atom. The van der Waals surface area contributed by atoms with Crippen molar-refractivity contribution < 1.29 is 57.0 Å². The topological polar surface area (TPSA) is 242 Å². The van der Waals surface area contributed by atoms with Gasteiger partial charge < -0.3 is 39.3 Å². The number of likely N-dealkylation sites (tertiary alicyclic amines) is 1. The van der Waals surface area contributed by atoms with Crippen LogP contribution in [-0.4, -0.2) is 150 Å². The molecule has 6 aliphatic rings. The zero-order valence-corrected chi connectivity index (χ0v) is 43.6. The monoisotopic (exact) mass is 1070 g/mol. The molecular weight excluding hydrogens is 1010 g/mol. The van der Waals surface area contributed by atoms with Crippen LogP contribution >= 0.6 is 18.9 Å². The molecule has 6 fully saturated rings. The number of hydrogen-bond acceptors (Lipinski definition) is 12. The van der Waals surface area contributed by atoms with Gasteiger partial charge in [0, 0.05) is 63.0 Å². The highest BCUT2D eigenvalue weighted by molar-refractivity contribution is 7.51. The van der Waals surface area contributed by atoms with Crippen molar-refractivity contribution in [2.75, 3.05) is 45.9 Å². The fourth-order valence-corrected chi connectivity index (χ4v) is 12.8. The summed E-state index contributed by atoms with van der Waals surface area (Å²) in [6.07, 6.45) is 0.232. The molecule has 8 heterocycles. The molecule has 3 unspecified atom stereocenters. The van der Waals surface area contributed by atoms with E-state index in [0.29, 0.717) is 40.8 Å². The average Bonchev–Trinajstić information content (AvgIpc) is 4.09. The van der Waals surface area contributed by atoms with Crippen molar-refractivity contribution in [1.82, 2.24) is 39.4 Å². The van der Waals surface area contributed by atoms with Gasteiger partial charge in [-0.05, 0) is 77.1 Å². The molecule has 398 valence electrons. The molecule has 11 rings (SSSR count). The van der Waals surface area contributed by atoms with E-state index in [0.717, 1.165) is 28.9 Å². The number of thiophene rings is 1. The SMILES string of the molecule is Cn1c(=O)n(C2CCC(=O)NC2=O)c2ccc(CN3C4CC3CN(C(=O)CO[C@@H]3CCN(C(=O)[C@@H](NC(=O)c5cc6cc([C@@H](F)P(=O)(O)O)ccc6s5)C(C)(C)C)[C@@H]3C(=O)N3CCO[C@H](c5ccccc5)C3)C4)cc21. The standard InChI is InChI=1S/C52H60FN8O12PS/c1-52(2,3)45(55-48(65)41-22-32-21-31(11-14-40(32)75-41)46(53)74(69,70)71)50(67)59-17-16-38(44(59)49(66)57-18-19-72-39(27-57)30-8-6-5-7-9-30)73-28-43(63)58-25-33-23-34(26-58)60(33)24-29-10-12-35-37(20-29)56(4)51(68)61(35)36-13-15-42(62)54-47(36)64/h5-12,14,20-22,33-34,36,38-39,44-46H,13,15-19,23-28H2,1-4H3,(H,55,65)(H,54,62,64)(H2,69,70,71)/t33?,34?,36?,38-,39+,44+,45-,46+/m1/s1. The summed E-state index contributed by atoms with van der Waals surface area (Å²) in [5, 5.41) is 5.63. The second-order valence-electron chi connectivity index (χ2n) is 21.3. The minimum atomic E-state index is -5.08. The Hall–Kier alpha value is -6.13. The first-order valence-electron chi connectivity index (χ1n) is 25.1. The molecule has 0 radical (unpaired) electrons. The minimum Gasteiger partial charge on any atom is -0.370 e. The number of benzene rings is 3. The highest BCUT2D eigenvalue weighted by Gasteiger charge is 2.50. The number of aryl methyl sites for hydroxylation is 1. The number of carbonyl (C=O) groups excluding carboxylic acids is 6. The third kappa shape index (κ3) is 10.3. The van der Waals surface area contributed by atoms with E-state index in [9.17, 15) is 52.3 Å². The van der Waals surface area contributed by atoms with Gasteiger partial charge in [-0.25, -0.2) is 9.18 Å². The Morgan fingerprint density at radius 3 is 2.39 bits per heavy atom. The number of morpholine rings is 1. The molecule has 6 aliphatic heterocycles. The molecule has 2 bridgehead atoms. The molecule has 0 aliphatic carbocycles. The van der Waals surface area contributed by atoms with E-state index < -0.39 is 67.0 Å². The Labute approximate surface area is 434 Å². The highest BCUT2D eigenvalue weighted by Crippen LogP contribution is 2.53. The zero-order valence-electron chi connectivity index (χ0n) is 41.9. The Bertz CT molecular complexity index is 3200. The third-order valence-corrected chi connectivity index (χ3v) is 17.3. The number of amides is 6. The fraction of sp³-hybridized carbons (Fsp3) is 0.481. The minimum absolute atomic E-state index is 0.0676. The van der Waals surface area contributed by atoms with E-state index in [-0.39, 0.29) is 98.0 Å². The summed E-state index contributed by atoms with van der Waals surface area (Å²) in [4.78, 5) is 122. The van der Waals surface area contributed by atoms with Gasteiger partial charge in [-0.15, -0.1) is 11.3 Å². The lowest BCUT2D eigenvalue weighted by molar-refractivity contribution is -0.158. The van der Waals surface area contributed by atoms with Crippen LogP contribution in [0.5, 0.6) is 0 Å². The van der Waals surface area contributed by atoms with Crippen LogP contribution in [0.1, 0.15) is 90.9 Å². The zero-order chi connectivity index (χ0) is 53.2. The third-order valence-electron chi connectivity index (χ3n) is 15.3. The molecule has 0 spiro atoms. The largest absolute Gasteiger partial charge is 0.370 e. The first kappa shape index (κ1) is 52.3. The Balaban J connectivity index is 0.825. The van der Waals surface area contributed by atoms with Gasteiger partial charge in [-0.1, -0.05) is 63.2 Å². The molecule has 3 aromatic carbocycles. The van der Waals surface area contributed by atoms with Crippen molar-refractivity contribution in [3.05, 3.63) is 105 Å². The van der Waals surface area contributed by atoms with Gasteiger partial charge in [0.15, 0.2) is 0 Å². The number of imidazole rings is 1. The van der Waals surface area contributed by atoms with E-state index in [2.05, 4.69) is 15.5 Å². The van der Waals surface area contributed by atoms with Crippen molar-refractivity contribution >= 4 is 75.5 Å². The Morgan fingerprint density at radius 2 is 1.68 bits per heavy atom. The van der Waals surface area contributed by atoms with Crippen LogP contribution in [0.25, 0.3) is 21.1 Å².